The van der Waals surface area contributed by atoms with Gasteiger partial charge in [-0.2, -0.15) is 0 Å². The molecular weight excluding hydrogens is 196 g/mol. The molecule has 0 rings (SSSR count). The van der Waals surface area contributed by atoms with Crippen molar-refractivity contribution in [3.8, 4) is 0 Å². The zero-order valence-corrected chi connectivity index (χ0v) is 9.94. The summed E-state index contributed by atoms with van der Waals surface area (Å²) in [6.07, 6.45) is 2.47. The van der Waals surface area contributed by atoms with Gasteiger partial charge in [0.05, 0.1) is 6.10 Å². The molecule has 0 aromatic rings. The number of hydrogen-bond donors (Lipinski definition) is 3. The molecule has 0 fully saturated rings. The summed E-state index contributed by atoms with van der Waals surface area (Å²) in [5, 5.41) is 25.6. The van der Waals surface area contributed by atoms with Crippen LogP contribution in [0.2, 0.25) is 0 Å². The monoisotopic (exact) mass is 220 g/mol. The molecule has 0 aromatic carbocycles. The summed E-state index contributed by atoms with van der Waals surface area (Å²) in [5.41, 5.74) is 0. The van der Waals surface area contributed by atoms with Gasteiger partial charge in [-0.1, -0.05) is 27.2 Å². The molecule has 4 heteroatoms. The van der Waals surface area contributed by atoms with Gasteiger partial charge in [0, 0.05) is 18.9 Å². The number of aliphatic hydroxyl groups excluding tert-OH is 2. The number of aliphatic carboxylic acids is 1. The molecule has 15 heavy (non-hydrogen) atoms. The molecule has 0 bridgehead atoms. The molecule has 0 aliphatic heterocycles. The first kappa shape index (κ1) is 16.8. The molecular formula is C11H24O4. The molecule has 0 aliphatic rings. The van der Waals surface area contributed by atoms with Gasteiger partial charge in [0.1, 0.15) is 0 Å². The maximum atomic E-state index is 9.60. The van der Waals surface area contributed by atoms with Crippen molar-refractivity contribution in [2.24, 2.45) is 5.92 Å². The van der Waals surface area contributed by atoms with E-state index in [9.17, 15) is 4.79 Å². The second-order valence-electron chi connectivity index (χ2n) is 3.66. The smallest absolute Gasteiger partial charge is 0.303 e. The van der Waals surface area contributed by atoms with Crippen molar-refractivity contribution in [1.29, 1.82) is 0 Å². The molecule has 0 saturated carbocycles. The van der Waals surface area contributed by atoms with Gasteiger partial charge >= 0.3 is 5.97 Å². The highest BCUT2D eigenvalue weighted by atomic mass is 16.4. The number of carboxylic acids is 1. The third-order valence-corrected chi connectivity index (χ3v) is 1.99. The van der Waals surface area contributed by atoms with Gasteiger partial charge in [-0.05, 0) is 12.8 Å². The van der Waals surface area contributed by atoms with Crippen LogP contribution in [0.15, 0.2) is 0 Å². The first-order valence-electron chi connectivity index (χ1n) is 5.50. The Bertz CT molecular complexity index is 148. The van der Waals surface area contributed by atoms with E-state index in [0.717, 1.165) is 19.3 Å². The summed E-state index contributed by atoms with van der Waals surface area (Å²) in [4.78, 5) is 9.60. The third kappa shape index (κ3) is 13.4. The normalized spacial score (nSPS) is 13.7. The Labute approximate surface area is 91.9 Å². The van der Waals surface area contributed by atoms with Crippen LogP contribution in [0.3, 0.4) is 0 Å². The van der Waals surface area contributed by atoms with Gasteiger partial charge in [-0.25, -0.2) is 0 Å². The maximum absolute atomic E-state index is 9.60. The zero-order valence-electron chi connectivity index (χ0n) is 9.94. The van der Waals surface area contributed by atoms with E-state index in [4.69, 9.17) is 15.3 Å². The minimum absolute atomic E-state index is 0.0324. The second kappa shape index (κ2) is 11.5. The molecule has 4 nitrogen and oxygen atoms in total. The largest absolute Gasteiger partial charge is 0.481 e. The molecule has 0 saturated heterocycles. The van der Waals surface area contributed by atoms with E-state index in [-0.39, 0.29) is 18.6 Å². The molecule has 0 heterocycles. The fraction of sp³-hybridized carbons (Fsp3) is 0.909. The van der Waals surface area contributed by atoms with Gasteiger partial charge in [-0.15, -0.1) is 0 Å². The lowest BCUT2D eigenvalue weighted by molar-refractivity contribution is -0.137. The van der Waals surface area contributed by atoms with E-state index < -0.39 is 5.97 Å². The van der Waals surface area contributed by atoms with Crippen LogP contribution in [0.1, 0.15) is 46.5 Å². The van der Waals surface area contributed by atoms with Crippen LogP contribution in [0.5, 0.6) is 0 Å². The first-order valence-corrected chi connectivity index (χ1v) is 5.50. The molecule has 2 atom stereocenters. The van der Waals surface area contributed by atoms with Gasteiger partial charge in [0.25, 0.3) is 0 Å². The summed E-state index contributed by atoms with van der Waals surface area (Å²) in [5.74, 6) is -0.678. The highest BCUT2D eigenvalue weighted by Gasteiger charge is 2.10. The van der Waals surface area contributed by atoms with E-state index in [0.29, 0.717) is 6.42 Å². The molecule has 2 unspecified atom stereocenters. The second-order valence-corrected chi connectivity index (χ2v) is 3.66. The maximum Gasteiger partial charge on any atom is 0.303 e. The Morgan fingerprint density at radius 1 is 1.27 bits per heavy atom. The SMILES string of the molecule is CCCC(=O)O.CCCC(O)C(C)CO. The van der Waals surface area contributed by atoms with E-state index >= 15 is 0 Å². The van der Waals surface area contributed by atoms with Crippen LogP contribution in [0, 0.1) is 5.92 Å². The van der Waals surface area contributed by atoms with Crippen LogP contribution >= 0.6 is 0 Å². The molecule has 0 aromatic heterocycles. The van der Waals surface area contributed by atoms with E-state index in [1.165, 1.54) is 0 Å². The molecule has 92 valence electrons. The molecule has 0 amide bonds. The van der Waals surface area contributed by atoms with Crippen LogP contribution in [-0.2, 0) is 4.79 Å². The fourth-order valence-corrected chi connectivity index (χ4v) is 0.916. The van der Waals surface area contributed by atoms with E-state index in [1.807, 2.05) is 20.8 Å². The topological polar surface area (TPSA) is 77.8 Å². The summed E-state index contributed by atoms with van der Waals surface area (Å²) in [7, 11) is 0. The van der Waals surface area contributed by atoms with Gasteiger partial charge in [-0.3, -0.25) is 4.79 Å². The highest BCUT2D eigenvalue weighted by Crippen LogP contribution is 2.06. The number of aliphatic hydroxyl groups is 2. The molecule has 0 aliphatic carbocycles. The third-order valence-electron chi connectivity index (χ3n) is 1.99. The number of carboxylic acid groups (broad SMARTS) is 1. The first-order chi connectivity index (χ1) is 6.99. The number of rotatable bonds is 6. The van der Waals surface area contributed by atoms with Crippen molar-refractivity contribution in [2.75, 3.05) is 6.61 Å². The van der Waals surface area contributed by atoms with Gasteiger partial charge in [0.15, 0.2) is 0 Å². The van der Waals surface area contributed by atoms with Crippen molar-refractivity contribution >= 4 is 5.97 Å². The lowest BCUT2D eigenvalue weighted by atomic mass is 10.0. The summed E-state index contributed by atoms with van der Waals surface area (Å²) >= 11 is 0. The summed E-state index contributed by atoms with van der Waals surface area (Å²) < 4.78 is 0. The molecule has 0 radical (unpaired) electrons. The predicted octanol–water partition coefficient (Wildman–Crippen LogP) is 1.65. The Hall–Kier alpha value is -0.610. The van der Waals surface area contributed by atoms with E-state index in [2.05, 4.69) is 0 Å². The van der Waals surface area contributed by atoms with Gasteiger partial charge in [0.2, 0.25) is 0 Å². The fourth-order valence-electron chi connectivity index (χ4n) is 0.916. The molecule has 3 N–H and O–H groups in total. The van der Waals surface area contributed by atoms with Crippen molar-refractivity contribution in [3.63, 3.8) is 0 Å². The minimum atomic E-state index is -0.711. The Morgan fingerprint density at radius 2 is 1.80 bits per heavy atom. The standard InChI is InChI=1S/C7H16O2.C4H8O2/c1-3-4-7(9)6(2)5-8;1-2-3-4(5)6/h6-9H,3-5H2,1-2H3;2-3H2,1H3,(H,5,6). The Morgan fingerprint density at radius 3 is 2.00 bits per heavy atom. The Kier molecular flexibility index (Phi) is 12.8. The van der Waals surface area contributed by atoms with Crippen molar-refractivity contribution in [1.82, 2.24) is 0 Å². The number of hydrogen-bond acceptors (Lipinski definition) is 3. The highest BCUT2D eigenvalue weighted by molar-refractivity contribution is 5.66. The van der Waals surface area contributed by atoms with E-state index in [1.54, 1.807) is 0 Å². The summed E-state index contributed by atoms with van der Waals surface area (Å²) in [6, 6.07) is 0. The zero-order chi connectivity index (χ0) is 12.3. The van der Waals surface area contributed by atoms with Gasteiger partial charge < -0.3 is 15.3 Å². The van der Waals surface area contributed by atoms with Crippen LogP contribution in [-0.4, -0.2) is 34.0 Å². The Balaban J connectivity index is 0. The van der Waals surface area contributed by atoms with Crippen LogP contribution in [0.4, 0.5) is 0 Å². The summed E-state index contributed by atoms with van der Waals surface area (Å²) in [6.45, 7) is 5.79. The average molecular weight is 220 g/mol. The van der Waals surface area contributed by atoms with Crippen molar-refractivity contribution in [2.45, 2.75) is 52.6 Å². The van der Waals surface area contributed by atoms with Crippen LogP contribution < -0.4 is 0 Å². The number of carbonyl (C=O) groups is 1. The van der Waals surface area contributed by atoms with Crippen LogP contribution in [0.25, 0.3) is 0 Å². The lowest BCUT2D eigenvalue weighted by Gasteiger charge is -2.14. The average Bonchev–Trinajstić information content (AvgIpc) is 2.17. The van der Waals surface area contributed by atoms with Crippen molar-refractivity contribution < 1.29 is 20.1 Å². The minimum Gasteiger partial charge on any atom is -0.481 e. The lowest BCUT2D eigenvalue weighted by Crippen LogP contribution is -2.20. The molecule has 0 spiro atoms. The quantitative estimate of drug-likeness (QED) is 0.636. The van der Waals surface area contributed by atoms with Crippen molar-refractivity contribution in [3.05, 3.63) is 0 Å². The predicted molar refractivity (Wildman–Crippen MR) is 59.7 cm³/mol.